The molecular weight excluding hydrogens is 479 g/mol. The van der Waals surface area contributed by atoms with E-state index >= 15 is 0 Å². The lowest BCUT2D eigenvalue weighted by Gasteiger charge is -2.36. The molecule has 0 bridgehead atoms. The number of ketones is 1. The summed E-state index contributed by atoms with van der Waals surface area (Å²) in [6, 6.07) is 6.94. The summed E-state index contributed by atoms with van der Waals surface area (Å²) in [5.41, 5.74) is 0.986. The highest BCUT2D eigenvalue weighted by molar-refractivity contribution is 14.1. The molecule has 1 unspecified atom stereocenters. The lowest BCUT2D eigenvalue weighted by atomic mass is 9.73. The molecule has 0 N–H and O–H groups in total. The third-order valence-corrected chi connectivity index (χ3v) is 7.86. The zero-order valence-corrected chi connectivity index (χ0v) is 17.2. The summed E-state index contributed by atoms with van der Waals surface area (Å²) in [4.78, 5) is 12.3. The van der Waals surface area contributed by atoms with Gasteiger partial charge >= 0.3 is 0 Å². The van der Waals surface area contributed by atoms with E-state index in [1.807, 2.05) is 42.5 Å². The van der Waals surface area contributed by atoms with E-state index in [4.69, 9.17) is 0 Å². The number of carbonyl (C=O) groups excluding carboxylic acids is 1. The van der Waals surface area contributed by atoms with Crippen LogP contribution in [-0.2, 0) is 14.6 Å². The van der Waals surface area contributed by atoms with Crippen molar-refractivity contribution in [3.8, 4) is 0 Å². The average Bonchev–Trinajstić information content (AvgIpc) is 2.41. The van der Waals surface area contributed by atoms with Gasteiger partial charge in [-0.2, -0.15) is 0 Å². The minimum atomic E-state index is -3.47. The van der Waals surface area contributed by atoms with Crippen LogP contribution in [0, 0.1) is 8.99 Å². The zero-order chi connectivity index (χ0) is 16.7. The standard InChI is InChI=1S/C16H18BrIO3S/c1-10-11(16(2,3)8-12(17)15(10)19)9-22(20,21)14-7-5-4-6-13(14)18/h4-7,12H,8-9H2,1-3H3. The van der Waals surface area contributed by atoms with Crippen LogP contribution in [0.5, 0.6) is 0 Å². The molecule has 0 spiro atoms. The summed E-state index contributed by atoms with van der Waals surface area (Å²) in [7, 11) is -3.47. The molecular formula is C16H18BrIO3S. The van der Waals surface area contributed by atoms with E-state index in [9.17, 15) is 13.2 Å². The highest BCUT2D eigenvalue weighted by Crippen LogP contribution is 2.42. The molecule has 22 heavy (non-hydrogen) atoms. The number of carbonyl (C=O) groups is 1. The van der Waals surface area contributed by atoms with E-state index in [1.165, 1.54) is 0 Å². The Morgan fingerprint density at radius 3 is 2.50 bits per heavy atom. The summed E-state index contributed by atoms with van der Waals surface area (Å²) < 4.78 is 26.3. The van der Waals surface area contributed by atoms with Gasteiger partial charge in [-0.05, 0) is 64.6 Å². The Bertz CT molecular complexity index is 750. The average molecular weight is 497 g/mol. The van der Waals surface area contributed by atoms with Gasteiger partial charge in [-0.1, -0.05) is 41.9 Å². The van der Waals surface area contributed by atoms with Crippen molar-refractivity contribution in [3.63, 3.8) is 0 Å². The second kappa shape index (κ2) is 6.36. The van der Waals surface area contributed by atoms with Gasteiger partial charge in [0.25, 0.3) is 0 Å². The summed E-state index contributed by atoms with van der Waals surface area (Å²) in [5.74, 6) is -0.107. The number of rotatable bonds is 3. The molecule has 0 radical (unpaired) electrons. The molecule has 6 heteroatoms. The second-order valence-electron chi connectivity index (χ2n) is 6.21. The second-order valence-corrected chi connectivity index (χ2v) is 10.4. The van der Waals surface area contributed by atoms with E-state index in [0.717, 1.165) is 5.57 Å². The fourth-order valence-corrected chi connectivity index (χ4v) is 7.16. The predicted octanol–water partition coefficient (Wildman–Crippen LogP) is 4.14. The zero-order valence-electron chi connectivity index (χ0n) is 12.7. The summed E-state index contributed by atoms with van der Waals surface area (Å²) in [6.45, 7) is 5.73. The van der Waals surface area contributed by atoms with Crippen LogP contribution < -0.4 is 0 Å². The molecule has 2 rings (SSSR count). The maximum absolute atomic E-state index is 12.8. The number of alkyl halides is 1. The van der Waals surface area contributed by atoms with Crippen LogP contribution >= 0.6 is 38.5 Å². The number of hydrogen-bond acceptors (Lipinski definition) is 3. The van der Waals surface area contributed by atoms with Crippen LogP contribution in [0.2, 0.25) is 0 Å². The number of hydrogen-bond donors (Lipinski definition) is 0. The Kier molecular flexibility index (Phi) is 5.24. The van der Waals surface area contributed by atoms with Gasteiger partial charge in [0.15, 0.2) is 15.6 Å². The quantitative estimate of drug-likeness (QED) is 0.466. The SMILES string of the molecule is CC1=C(CS(=O)(=O)c2ccccc2I)C(C)(C)CC(Br)C1=O. The maximum atomic E-state index is 12.8. The molecule has 0 aliphatic heterocycles. The van der Waals surface area contributed by atoms with Crippen molar-refractivity contribution in [2.45, 2.75) is 36.9 Å². The van der Waals surface area contributed by atoms with Crippen molar-refractivity contribution in [1.29, 1.82) is 0 Å². The van der Waals surface area contributed by atoms with Crippen molar-refractivity contribution in [2.24, 2.45) is 5.41 Å². The Morgan fingerprint density at radius 2 is 1.91 bits per heavy atom. The normalized spacial score (nSPS) is 22.0. The van der Waals surface area contributed by atoms with E-state index in [1.54, 1.807) is 25.1 Å². The first kappa shape index (κ1) is 18.1. The van der Waals surface area contributed by atoms with Gasteiger partial charge in [-0.25, -0.2) is 8.42 Å². The van der Waals surface area contributed by atoms with Crippen LogP contribution in [0.3, 0.4) is 0 Å². The highest BCUT2D eigenvalue weighted by atomic mass is 127. The first-order valence-corrected chi connectivity index (χ1v) is 10.6. The first-order valence-electron chi connectivity index (χ1n) is 6.92. The molecule has 0 saturated heterocycles. The van der Waals surface area contributed by atoms with Crippen LogP contribution in [0.15, 0.2) is 40.3 Å². The molecule has 120 valence electrons. The van der Waals surface area contributed by atoms with E-state index < -0.39 is 9.84 Å². The maximum Gasteiger partial charge on any atom is 0.183 e. The van der Waals surface area contributed by atoms with E-state index in [2.05, 4.69) is 15.9 Å². The van der Waals surface area contributed by atoms with Gasteiger partial charge in [0, 0.05) is 3.57 Å². The van der Waals surface area contributed by atoms with E-state index in [0.29, 0.717) is 20.5 Å². The number of benzene rings is 1. The molecule has 3 nitrogen and oxygen atoms in total. The highest BCUT2D eigenvalue weighted by Gasteiger charge is 2.39. The number of Topliss-reactive ketones (excluding diaryl/α,β-unsaturated/α-hetero) is 1. The smallest absolute Gasteiger partial charge is 0.183 e. The van der Waals surface area contributed by atoms with Crippen molar-refractivity contribution in [2.75, 3.05) is 5.75 Å². The number of sulfone groups is 1. The van der Waals surface area contributed by atoms with Gasteiger partial charge in [0.1, 0.15) is 0 Å². The van der Waals surface area contributed by atoms with Crippen LogP contribution in [-0.4, -0.2) is 24.8 Å². The van der Waals surface area contributed by atoms with Crippen molar-refractivity contribution in [3.05, 3.63) is 39.0 Å². The van der Waals surface area contributed by atoms with Gasteiger partial charge in [0.05, 0.1) is 15.5 Å². The van der Waals surface area contributed by atoms with Gasteiger partial charge < -0.3 is 0 Å². The summed E-state index contributed by atoms with van der Waals surface area (Å²) in [5, 5.41) is 0. The summed E-state index contributed by atoms with van der Waals surface area (Å²) in [6.07, 6.45) is 0.611. The Balaban J connectivity index is 2.49. The Labute approximate surface area is 153 Å². The van der Waals surface area contributed by atoms with Gasteiger partial charge in [0.2, 0.25) is 0 Å². The molecule has 0 saturated carbocycles. The monoisotopic (exact) mass is 496 g/mol. The third-order valence-electron chi connectivity index (χ3n) is 4.12. The lowest BCUT2D eigenvalue weighted by molar-refractivity contribution is -0.116. The molecule has 1 aliphatic rings. The van der Waals surface area contributed by atoms with Gasteiger partial charge in [-0.3, -0.25) is 4.79 Å². The molecule has 1 aromatic carbocycles. The first-order chi connectivity index (χ1) is 10.1. The number of halogens is 2. The fourth-order valence-electron chi connectivity index (χ4n) is 2.82. The van der Waals surface area contributed by atoms with Crippen LogP contribution in [0.4, 0.5) is 0 Å². The molecule has 0 fully saturated rings. The Morgan fingerprint density at radius 1 is 1.32 bits per heavy atom. The molecule has 1 aromatic rings. The van der Waals surface area contributed by atoms with E-state index in [-0.39, 0.29) is 21.8 Å². The molecule has 0 aromatic heterocycles. The molecule has 0 amide bonds. The minimum Gasteiger partial charge on any atom is -0.293 e. The van der Waals surface area contributed by atoms with Crippen molar-refractivity contribution >= 4 is 54.1 Å². The Hall–Kier alpha value is -0.210. The predicted molar refractivity (Wildman–Crippen MR) is 100 cm³/mol. The summed E-state index contributed by atoms with van der Waals surface area (Å²) >= 11 is 5.43. The number of allylic oxidation sites excluding steroid dienone is 1. The van der Waals surface area contributed by atoms with Crippen LogP contribution in [0.1, 0.15) is 27.2 Å². The van der Waals surface area contributed by atoms with Crippen molar-refractivity contribution in [1.82, 2.24) is 0 Å². The van der Waals surface area contributed by atoms with Crippen LogP contribution in [0.25, 0.3) is 0 Å². The lowest BCUT2D eigenvalue weighted by Crippen LogP contribution is -2.35. The molecule has 1 atom stereocenters. The van der Waals surface area contributed by atoms with Gasteiger partial charge in [-0.15, -0.1) is 0 Å². The topological polar surface area (TPSA) is 51.2 Å². The molecule has 1 aliphatic carbocycles. The third kappa shape index (κ3) is 3.48. The molecule has 0 heterocycles. The van der Waals surface area contributed by atoms with Crippen molar-refractivity contribution < 1.29 is 13.2 Å². The fraction of sp³-hybridized carbons (Fsp3) is 0.438. The largest absolute Gasteiger partial charge is 0.293 e. The minimum absolute atomic E-state index is 0.00714.